The second-order valence-corrected chi connectivity index (χ2v) is 10.5. The van der Waals surface area contributed by atoms with E-state index in [9.17, 15) is 19.2 Å². The zero-order valence-electron chi connectivity index (χ0n) is 25.7. The van der Waals surface area contributed by atoms with Crippen LogP contribution >= 0.6 is 0 Å². The zero-order valence-corrected chi connectivity index (χ0v) is 25.7. The van der Waals surface area contributed by atoms with Crippen LogP contribution in [0.5, 0.6) is 0 Å². The maximum atomic E-state index is 12.5. The van der Waals surface area contributed by atoms with Crippen LogP contribution in [0.1, 0.15) is 58.6 Å². The smallest absolute Gasteiger partial charge is 0.407 e. The van der Waals surface area contributed by atoms with Crippen LogP contribution in [0.2, 0.25) is 0 Å². The number of benzene rings is 1. The molecule has 1 rings (SSSR count). The lowest BCUT2D eigenvalue weighted by Crippen LogP contribution is -2.34. The van der Waals surface area contributed by atoms with Crippen molar-refractivity contribution < 1.29 is 33.4 Å². The molecule has 12 heteroatoms. The number of hydrogen-bond donors (Lipinski definition) is 4. The first-order valence-electron chi connectivity index (χ1n) is 14.2. The average molecular weight is 580 g/mol. The number of amides is 4. The van der Waals surface area contributed by atoms with Gasteiger partial charge in [0.05, 0.1) is 33.0 Å². The van der Waals surface area contributed by atoms with Crippen molar-refractivity contribution in [2.45, 2.75) is 66.9 Å². The average Bonchev–Trinajstić information content (AvgIpc) is 2.90. The summed E-state index contributed by atoms with van der Waals surface area (Å²) >= 11 is 0. The van der Waals surface area contributed by atoms with Crippen molar-refractivity contribution in [2.75, 3.05) is 69.8 Å². The molecule has 0 fully saturated rings. The Bertz CT molecular complexity index is 991. The van der Waals surface area contributed by atoms with Gasteiger partial charge >= 0.3 is 6.09 Å². The van der Waals surface area contributed by atoms with Crippen LogP contribution in [0, 0.1) is 13.8 Å². The van der Waals surface area contributed by atoms with E-state index < -0.39 is 11.7 Å². The van der Waals surface area contributed by atoms with Gasteiger partial charge in [-0.3, -0.25) is 19.3 Å². The Hall–Kier alpha value is -3.22. The first-order valence-corrected chi connectivity index (χ1v) is 14.2. The summed E-state index contributed by atoms with van der Waals surface area (Å²) in [5.41, 5.74) is 2.39. The number of nitrogens with zero attached hydrogens (tertiary/aromatic N) is 1. The van der Waals surface area contributed by atoms with E-state index in [-0.39, 0.29) is 30.6 Å². The lowest BCUT2D eigenvalue weighted by Gasteiger charge is -2.20. The molecule has 0 bridgehead atoms. The fourth-order valence-corrected chi connectivity index (χ4v) is 3.66. The lowest BCUT2D eigenvalue weighted by atomic mass is 10.1. The lowest BCUT2D eigenvalue weighted by molar-refractivity contribution is -0.124. The third kappa shape index (κ3) is 16.0. The van der Waals surface area contributed by atoms with Crippen LogP contribution in [0.3, 0.4) is 0 Å². The second kappa shape index (κ2) is 19.0. The fraction of sp³-hybridized carbons (Fsp3) is 0.655. The number of carbonyl (C=O) groups is 4. The monoisotopic (exact) mass is 579 g/mol. The second-order valence-electron chi connectivity index (χ2n) is 10.5. The third-order valence-electron chi connectivity index (χ3n) is 5.91. The molecule has 4 amide bonds. The molecule has 0 aromatic heterocycles. The molecule has 0 heterocycles. The van der Waals surface area contributed by atoms with E-state index in [4.69, 9.17) is 14.2 Å². The number of carbonyl (C=O) groups excluding carboxylic acids is 4. The Morgan fingerprint density at radius 3 is 1.95 bits per heavy atom. The Balaban J connectivity index is 2.25. The summed E-state index contributed by atoms with van der Waals surface area (Å²) in [7, 11) is 0. The number of anilines is 2. The Morgan fingerprint density at radius 1 is 0.780 bits per heavy atom. The fourth-order valence-electron chi connectivity index (χ4n) is 3.66. The molecule has 0 radical (unpaired) electrons. The molecule has 41 heavy (non-hydrogen) atoms. The van der Waals surface area contributed by atoms with E-state index in [2.05, 4.69) is 21.3 Å². The van der Waals surface area contributed by atoms with Gasteiger partial charge in [0, 0.05) is 37.3 Å². The van der Waals surface area contributed by atoms with Gasteiger partial charge in [0.25, 0.3) is 0 Å². The highest BCUT2D eigenvalue weighted by atomic mass is 16.6. The standard InChI is InChI=1S/C29H49N5O7/c1-8-34(9-2)20-26(37)33-27-21(3)10-11-23(22(27)4)32-25(36)13-12-24(35)30-14-16-39-18-19-40-17-15-31-28(38)41-29(5,6)7/h10-11H,8-9,12-20H2,1-7H3,(H,30,35)(H,31,38)(H,32,36)(H,33,37). The summed E-state index contributed by atoms with van der Waals surface area (Å²) < 4.78 is 15.9. The van der Waals surface area contributed by atoms with Crippen LogP contribution in [-0.4, -0.2) is 93.5 Å². The highest BCUT2D eigenvalue weighted by Crippen LogP contribution is 2.27. The summed E-state index contributed by atoms with van der Waals surface area (Å²) in [6.45, 7) is 17.0. The molecule has 1 aromatic carbocycles. The molecule has 0 aliphatic rings. The molecule has 0 spiro atoms. The van der Waals surface area contributed by atoms with E-state index in [0.717, 1.165) is 24.2 Å². The van der Waals surface area contributed by atoms with E-state index in [1.807, 2.05) is 38.7 Å². The highest BCUT2D eigenvalue weighted by Gasteiger charge is 2.16. The normalized spacial score (nSPS) is 11.2. The molecule has 0 saturated carbocycles. The topological polar surface area (TPSA) is 147 Å². The van der Waals surface area contributed by atoms with Gasteiger partial charge in [0.15, 0.2) is 0 Å². The van der Waals surface area contributed by atoms with Gasteiger partial charge in [-0.1, -0.05) is 19.9 Å². The molecule has 0 unspecified atom stereocenters. The minimum Gasteiger partial charge on any atom is -0.444 e. The number of nitrogens with one attached hydrogen (secondary N) is 4. The van der Waals surface area contributed by atoms with E-state index in [1.165, 1.54) is 0 Å². The van der Waals surface area contributed by atoms with Crippen molar-refractivity contribution in [1.29, 1.82) is 0 Å². The molecular weight excluding hydrogens is 530 g/mol. The minimum atomic E-state index is -0.544. The van der Waals surface area contributed by atoms with Gasteiger partial charge in [-0.05, 0) is 64.9 Å². The number of likely N-dealkylation sites (N-methyl/N-ethyl adjacent to an activating group) is 1. The van der Waals surface area contributed by atoms with Crippen molar-refractivity contribution in [3.63, 3.8) is 0 Å². The molecule has 0 saturated heterocycles. The number of alkyl carbamates (subject to hydrolysis) is 1. The number of ether oxygens (including phenoxy) is 3. The molecule has 4 N–H and O–H groups in total. The summed E-state index contributed by atoms with van der Waals surface area (Å²) in [6.07, 6.45) is -0.427. The summed E-state index contributed by atoms with van der Waals surface area (Å²) in [4.78, 5) is 50.6. The first kappa shape index (κ1) is 35.8. The molecule has 0 aliphatic carbocycles. The SMILES string of the molecule is CCN(CC)CC(=O)Nc1c(C)ccc(NC(=O)CCC(=O)NCCOCCOCCNC(=O)OC(C)(C)C)c1C. The number of rotatable bonds is 18. The Labute approximate surface area is 244 Å². The maximum absolute atomic E-state index is 12.5. The highest BCUT2D eigenvalue weighted by molar-refractivity contribution is 5.98. The van der Waals surface area contributed by atoms with Gasteiger partial charge in [-0.2, -0.15) is 0 Å². The molecule has 0 atom stereocenters. The van der Waals surface area contributed by atoms with Crippen molar-refractivity contribution in [3.8, 4) is 0 Å². The predicted molar refractivity (Wildman–Crippen MR) is 159 cm³/mol. The zero-order chi connectivity index (χ0) is 30.8. The van der Waals surface area contributed by atoms with Crippen LogP contribution in [0.15, 0.2) is 12.1 Å². The number of aryl methyl sites for hydroxylation is 1. The van der Waals surface area contributed by atoms with E-state index in [0.29, 0.717) is 57.4 Å². The molecule has 12 nitrogen and oxygen atoms in total. The van der Waals surface area contributed by atoms with E-state index in [1.54, 1.807) is 26.8 Å². The quantitative estimate of drug-likeness (QED) is 0.194. The van der Waals surface area contributed by atoms with Crippen LogP contribution in [-0.2, 0) is 28.6 Å². The Morgan fingerprint density at radius 2 is 1.37 bits per heavy atom. The Kier molecular flexibility index (Phi) is 16.6. The molecule has 0 aliphatic heterocycles. The van der Waals surface area contributed by atoms with E-state index >= 15 is 0 Å². The first-order chi connectivity index (χ1) is 19.4. The van der Waals surface area contributed by atoms with Crippen LogP contribution < -0.4 is 21.3 Å². The summed E-state index contributed by atoms with van der Waals surface area (Å²) in [5, 5.41) is 11.1. The van der Waals surface area contributed by atoms with Crippen molar-refractivity contribution in [2.24, 2.45) is 0 Å². The van der Waals surface area contributed by atoms with Crippen molar-refractivity contribution in [1.82, 2.24) is 15.5 Å². The van der Waals surface area contributed by atoms with Gasteiger partial charge in [0.1, 0.15) is 5.60 Å². The van der Waals surface area contributed by atoms with Gasteiger partial charge < -0.3 is 35.5 Å². The molecule has 1 aromatic rings. The number of hydrogen-bond acceptors (Lipinski definition) is 8. The van der Waals surface area contributed by atoms with Gasteiger partial charge in [-0.25, -0.2) is 4.79 Å². The van der Waals surface area contributed by atoms with Crippen LogP contribution in [0.25, 0.3) is 0 Å². The molecule has 232 valence electrons. The minimum absolute atomic E-state index is 0.0226. The summed E-state index contributed by atoms with van der Waals surface area (Å²) in [6, 6.07) is 3.63. The largest absolute Gasteiger partial charge is 0.444 e. The van der Waals surface area contributed by atoms with Crippen molar-refractivity contribution >= 4 is 35.2 Å². The van der Waals surface area contributed by atoms with Crippen LogP contribution in [0.4, 0.5) is 16.2 Å². The maximum Gasteiger partial charge on any atom is 0.407 e. The third-order valence-corrected chi connectivity index (χ3v) is 5.91. The summed E-state index contributed by atoms with van der Waals surface area (Å²) in [5.74, 6) is -0.649. The molecular formula is C29H49N5O7. The predicted octanol–water partition coefficient (Wildman–Crippen LogP) is 2.98. The van der Waals surface area contributed by atoms with Gasteiger partial charge in [0.2, 0.25) is 17.7 Å². The van der Waals surface area contributed by atoms with Gasteiger partial charge in [-0.15, -0.1) is 0 Å². The van der Waals surface area contributed by atoms with Crippen molar-refractivity contribution in [3.05, 3.63) is 23.3 Å².